The van der Waals surface area contributed by atoms with Gasteiger partial charge in [-0.2, -0.15) is 9.97 Å². The molecule has 1 aliphatic carbocycles. The third-order valence-corrected chi connectivity index (χ3v) is 11.3. The fourth-order valence-electron chi connectivity index (χ4n) is 8.50. The lowest BCUT2D eigenvalue weighted by atomic mass is 9.80. The van der Waals surface area contributed by atoms with Crippen LogP contribution < -0.4 is 15.4 Å². The van der Waals surface area contributed by atoms with E-state index in [9.17, 15) is 9.18 Å². The molecule has 2 fully saturated rings. The van der Waals surface area contributed by atoms with Gasteiger partial charge in [0.2, 0.25) is 0 Å². The van der Waals surface area contributed by atoms with Gasteiger partial charge in [0.1, 0.15) is 30.1 Å². The zero-order valence-electron chi connectivity index (χ0n) is 27.4. The van der Waals surface area contributed by atoms with Gasteiger partial charge in [-0.3, -0.25) is 19.6 Å². The van der Waals surface area contributed by atoms with Gasteiger partial charge in [0.25, 0.3) is 5.91 Å². The summed E-state index contributed by atoms with van der Waals surface area (Å²) in [5.41, 5.74) is 9.30. The number of carbonyl (C=O) groups is 1. The second kappa shape index (κ2) is 12.3. The molecule has 0 unspecified atom stereocenters. The van der Waals surface area contributed by atoms with Crippen LogP contribution in [0.3, 0.4) is 0 Å². The lowest BCUT2D eigenvalue weighted by molar-refractivity contribution is -0.124. The van der Waals surface area contributed by atoms with E-state index in [1.165, 1.54) is 4.90 Å². The van der Waals surface area contributed by atoms with E-state index in [0.717, 1.165) is 61.0 Å². The number of aliphatic imine (C=N–C) groups is 1. The van der Waals surface area contributed by atoms with Crippen molar-refractivity contribution >= 4 is 29.0 Å². The fourth-order valence-corrected chi connectivity index (χ4v) is 8.70. The van der Waals surface area contributed by atoms with Crippen molar-refractivity contribution in [3.05, 3.63) is 57.1 Å². The molecule has 0 bridgehead atoms. The Morgan fingerprint density at radius 2 is 2.02 bits per heavy atom. The summed E-state index contributed by atoms with van der Waals surface area (Å²) in [5, 5.41) is 0.131. The molecule has 0 saturated carbocycles. The first-order valence-corrected chi connectivity index (χ1v) is 17.0. The van der Waals surface area contributed by atoms with Gasteiger partial charge in [-0.25, -0.2) is 8.78 Å². The maximum atomic E-state index is 15.5. The zero-order valence-corrected chi connectivity index (χ0v) is 28.1. The molecular weight excluding hydrogens is 626 g/mol. The summed E-state index contributed by atoms with van der Waals surface area (Å²) in [5.74, 6) is 0.121. The summed E-state index contributed by atoms with van der Waals surface area (Å²) in [7, 11) is 5.29. The first-order valence-electron chi connectivity index (χ1n) is 16.6. The molecule has 13 heteroatoms. The number of ether oxygens (including phenoxy) is 1. The van der Waals surface area contributed by atoms with Gasteiger partial charge in [0, 0.05) is 64.2 Å². The number of alkyl halides is 1. The summed E-state index contributed by atoms with van der Waals surface area (Å²) < 4.78 is 36.5. The van der Waals surface area contributed by atoms with E-state index in [-0.39, 0.29) is 40.5 Å². The Labute approximate surface area is 279 Å². The maximum absolute atomic E-state index is 15.5. The minimum absolute atomic E-state index is 0.0577. The van der Waals surface area contributed by atoms with Crippen LogP contribution in [0.5, 0.6) is 6.01 Å². The summed E-state index contributed by atoms with van der Waals surface area (Å²) in [6.45, 7) is 3.55. The quantitative estimate of drug-likeness (QED) is 0.467. The predicted octanol–water partition coefficient (Wildman–Crippen LogP) is 3.55. The Bertz CT molecular complexity index is 1650. The molecule has 1 aromatic carbocycles. The summed E-state index contributed by atoms with van der Waals surface area (Å²) in [4.78, 5) is 35.3. The summed E-state index contributed by atoms with van der Waals surface area (Å²) in [6.07, 6.45) is 4.27. The van der Waals surface area contributed by atoms with Gasteiger partial charge >= 0.3 is 6.01 Å². The molecule has 10 nitrogen and oxygen atoms in total. The number of fused-ring (bicyclic) bond motifs is 4. The highest BCUT2D eigenvalue weighted by atomic mass is 35.5. The Morgan fingerprint density at radius 3 is 2.83 bits per heavy atom. The number of benzene rings is 1. The Balaban J connectivity index is 1.27. The number of hydrogen-bond donors (Lipinski definition) is 1. The number of nitrogens with zero attached hydrogens (tertiary/aromatic N) is 7. The number of halogens is 3. The van der Waals surface area contributed by atoms with Crippen molar-refractivity contribution in [3.8, 4) is 6.01 Å². The van der Waals surface area contributed by atoms with Crippen molar-refractivity contribution in [1.82, 2.24) is 24.7 Å². The summed E-state index contributed by atoms with van der Waals surface area (Å²) in [6, 6.07) is 5.58. The van der Waals surface area contributed by atoms with E-state index in [2.05, 4.69) is 14.7 Å². The number of aryl methyl sites for hydroxylation is 1. The van der Waals surface area contributed by atoms with Crippen molar-refractivity contribution in [3.63, 3.8) is 0 Å². The lowest BCUT2D eigenvalue weighted by Crippen LogP contribution is -2.48. The van der Waals surface area contributed by atoms with Crippen molar-refractivity contribution in [1.29, 1.82) is 0 Å². The number of amides is 1. The average Bonchev–Trinajstić information content (AvgIpc) is 3.63. The van der Waals surface area contributed by atoms with Gasteiger partial charge in [0.05, 0.1) is 34.1 Å². The van der Waals surface area contributed by atoms with Crippen LogP contribution in [-0.2, 0) is 29.7 Å². The molecule has 5 heterocycles. The molecule has 1 aromatic heterocycles. The average molecular weight is 669 g/mol. The van der Waals surface area contributed by atoms with Gasteiger partial charge in [-0.05, 0) is 57.3 Å². The molecule has 2 saturated heterocycles. The predicted molar refractivity (Wildman–Crippen MR) is 177 cm³/mol. The van der Waals surface area contributed by atoms with Gasteiger partial charge in [0.15, 0.2) is 0 Å². The van der Waals surface area contributed by atoms with E-state index < -0.39 is 11.7 Å². The number of rotatable bonds is 6. The first-order chi connectivity index (χ1) is 22.5. The zero-order chi connectivity index (χ0) is 33.1. The molecule has 252 valence electrons. The standard InChI is InChI=1S/C34H43ClF2N8O2/c1-42(2)31(46)29(38)28(35)26-19-44(13-6-12-39-26)30-23-18-43(3)34(11-9-21-7-4-8-24(37)27(21)34)16-25(23)40-32(41-30)47-20-33-10-5-14-45(33)17-22(36)15-33/h4,7-8,22H,5-6,9-20,38H2,1-3H3/t22-,33+,34+/m1/s1. The van der Waals surface area contributed by atoms with Crippen LogP contribution in [0.25, 0.3) is 0 Å². The van der Waals surface area contributed by atoms with Crippen LogP contribution in [0, 0.1) is 5.82 Å². The molecule has 2 aromatic rings. The third kappa shape index (κ3) is 5.55. The molecular formula is C34H43ClF2N8O2. The monoisotopic (exact) mass is 668 g/mol. The fraction of sp³-hybridized carbons (Fsp3) is 0.588. The minimum Gasteiger partial charge on any atom is -0.461 e. The Hall–Kier alpha value is -3.35. The van der Waals surface area contributed by atoms with Crippen LogP contribution in [0.1, 0.15) is 54.5 Å². The number of hydrogen-bond acceptors (Lipinski definition) is 9. The van der Waals surface area contributed by atoms with Crippen LogP contribution in [0.2, 0.25) is 0 Å². The SMILES string of the molecule is CN(C)C(=O)C(N)=C(Cl)C1=NCCCN(c2nc(OC[C@@]34CCCN3C[C@H](F)C4)nc3c2CN(C)[C@@]2(CCc4cccc(F)c42)C3)C1. The topological polar surface area (TPSA) is 103 Å². The number of carbonyl (C=O) groups excluding carboxylic acids is 1. The summed E-state index contributed by atoms with van der Waals surface area (Å²) >= 11 is 6.72. The molecule has 7 rings (SSSR count). The molecule has 3 atom stereocenters. The van der Waals surface area contributed by atoms with Crippen molar-refractivity contribution < 1.29 is 18.3 Å². The van der Waals surface area contributed by atoms with Crippen LogP contribution in [-0.4, -0.2) is 108 Å². The smallest absolute Gasteiger partial charge is 0.318 e. The number of anilines is 1. The van der Waals surface area contributed by atoms with E-state index in [0.29, 0.717) is 57.2 Å². The van der Waals surface area contributed by atoms with E-state index in [1.54, 1.807) is 26.2 Å². The number of likely N-dealkylation sites (N-methyl/N-ethyl adjacent to an activating group) is 2. The van der Waals surface area contributed by atoms with Crippen LogP contribution in [0.15, 0.2) is 33.9 Å². The highest BCUT2D eigenvalue weighted by molar-refractivity contribution is 6.45. The van der Waals surface area contributed by atoms with E-state index >= 15 is 4.39 Å². The van der Waals surface area contributed by atoms with Crippen molar-refractivity contribution in [2.75, 3.05) is 65.4 Å². The number of aromatic nitrogens is 2. The largest absolute Gasteiger partial charge is 0.461 e. The minimum atomic E-state index is -0.869. The Morgan fingerprint density at radius 1 is 1.19 bits per heavy atom. The second-order valence-corrected chi connectivity index (χ2v) is 14.4. The molecule has 4 aliphatic heterocycles. The van der Waals surface area contributed by atoms with E-state index in [1.807, 2.05) is 13.1 Å². The van der Waals surface area contributed by atoms with Gasteiger partial charge < -0.3 is 20.3 Å². The number of nitrogens with two attached hydrogens (primary N) is 1. The maximum Gasteiger partial charge on any atom is 0.318 e. The molecule has 47 heavy (non-hydrogen) atoms. The molecule has 5 aliphatic rings. The van der Waals surface area contributed by atoms with Gasteiger partial charge in [-0.15, -0.1) is 0 Å². The highest BCUT2D eigenvalue weighted by Gasteiger charge is 2.50. The van der Waals surface area contributed by atoms with E-state index in [4.69, 9.17) is 37.0 Å². The molecule has 2 N–H and O–H groups in total. The van der Waals surface area contributed by atoms with Gasteiger partial charge in [-0.1, -0.05) is 23.7 Å². The molecule has 1 spiro atoms. The highest BCUT2D eigenvalue weighted by Crippen LogP contribution is 2.49. The first kappa shape index (κ1) is 32.2. The Kier molecular flexibility index (Phi) is 8.41. The normalized spacial score (nSPS) is 28.0. The van der Waals surface area contributed by atoms with Crippen molar-refractivity contribution in [2.24, 2.45) is 10.7 Å². The third-order valence-electron chi connectivity index (χ3n) is 10.9. The lowest BCUT2D eigenvalue weighted by Gasteiger charge is -2.44. The van der Waals surface area contributed by atoms with Crippen molar-refractivity contribution in [2.45, 2.75) is 68.7 Å². The molecule has 1 amide bonds. The van der Waals surface area contributed by atoms with Crippen LogP contribution in [0.4, 0.5) is 14.6 Å². The second-order valence-electron chi connectivity index (χ2n) is 14.0. The van der Waals surface area contributed by atoms with Crippen LogP contribution >= 0.6 is 11.6 Å². The molecule has 0 radical (unpaired) electrons.